The Bertz CT molecular complexity index is 457. The van der Waals surface area contributed by atoms with Gasteiger partial charge in [-0.2, -0.15) is 0 Å². The molecule has 0 atom stereocenters. The van der Waals surface area contributed by atoms with Crippen LogP contribution in [0.2, 0.25) is 0 Å². The van der Waals surface area contributed by atoms with E-state index in [9.17, 15) is 17.8 Å². The zero-order chi connectivity index (χ0) is 10.8. The fourth-order valence-electron chi connectivity index (χ4n) is 0.978. The number of anilines is 1. The molecule has 1 N–H and O–H groups in total. The van der Waals surface area contributed by atoms with Gasteiger partial charge in [-0.25, -0.2) is 8.42 Å². The van der Waals surface area contributed by atoms with Crippen LogP contribution in [-0.4, -0.2) is 18.9 Å². The molecule has 0 saturated carbocycles. The number of para-hydroxylation sites is 1. The van der Waals surface area contributed by atoms with Crippen molar-refractivity contribution in [1.82, 2.24) is 0 Å². The predicted molar refractivity (Wildman–Crippen MR) is 48.7 cm³/mol. The molecule has 0 heterocycles. The summed E-state index contributed by atoms with van der Waals surface area (Å²) < 4.78 is 32.2. The van der Waals surface area contributed by atoms with Crippen LogP contribution in [0.15, 0.2) is 29.2 Å². The third-order valence-electron chi connectivity index (χ3n) is 1.47. The molecule has 5 nitrogen and oxygen atoms in total. The van der Waals surface area contributed by atoms with Gasteiger partial charge in [0, 0.05) is 6.92 Å². The van der Waals surface area contributed by atoms with Crippen LogP contribution in [-0.2, 0) is 14.9 Å². The first-order valence-electron chi connectivity index (χ1n) is 3.74. The van der Waals surface area contributed by atoms with E-state index >= 15 is 0 Å². The largest absolute Gasteiger partial charge is 1.00 e. The van der Waals surface area contributed by atoms with E-state index in [1.807, 2.05) is 0 Å². The predicted octanol–water partition coefficient (Wildman–Crippen LogP) is -2.45. The van der Waals surface area contributed by atoms with Gasteiger partial charge in [0.15, 0.2) is 0 Å². The van der Waals surface area contributed by atoms with Crippen molar-refractivity contribution >= 4 is 21.7 Å². The quantitative estimate of drug-likeness (QED) is 0.457. The maximum absolute atomic E-state index is 10.7. The zero-order valence-corrected chi connectivity index (χ0v) is 11.2. The van der Waals surface area contributed by atoms with Crippen LogP contribution in [0.5, 0.6) is 0 Å². The van der Waals surface area contributed by atoms with Crippen molar-refractivity contribution in [2.45, 2.75) is 11.8 Å². The van der Waals surface area contributed by atoms with Gasteiger partial charge in [-0.3, -0.25) is 4.79 Å². The van der Waals surface area contributed by atoms with E-state index < -0.39 is 20.9 Å². The molecular weight excluding hydrogens is 229 g/mol. The van der Waals surface area contributed by atoms with Crippen LogP contribution in [0, 0.1) is 0 Å². The number of hydrogen-bond acceptors (Lipinski definition) is 4. The average molecular weight is 237 g/mol. The zero-order valence-electron chi connectivity index (χ0n) is 8.35. The number of amides is 1. The Kier molecular flexibility index (Phi) is 5.47. The molecule has 0 aliphatic rings. The number of rotatable bonds is 2. The molecule has 1 aromatic rings. The van der Waals surface area contributed by atoms with E-state index in [2.05, 4.69) is 5.32 Å². The smallest absolute Gasteiger partial charge is 0.744 e. The molecule has 0 radical (unpaired) electrons. The fraction of sp³-hybridized carbons (Fsp3) is 0.125. The second-order valence-corrected chi connectivity index (χ2v) is 3.98. The van der Waals surface area contributed by atoms with Crippen LogP contribution in [0.3, 0.4) is 0 Å². The first-order valence-corrected chi connectivity index (χ1v) is 5.14. The van der Waals surface area contributed by atoms with Crippen LogP contribution in [0.4, 0.5) is 5.69 Å². The molecule has 0 fully saturated rings. The Hall–Kier alpha value is -0.400. The summed E-state index contributed by atoms with van der Waals surface area (Å²) in [4.78, 5) is 10.3. The van der Waals surface area contributed by atoms with E-state index in [4.69, 9.17) is 0 Å². The molecule has 0 bridgehead atoms. The fourth-order valence-corrected chi connectivity index (χ4v) is 1.61. The number of carbonyl (C=O) groups excluding carboxylic acids is 1. The third kappa shape index (κ3) is 4.31. The number of nitrogens with one attached hydrogen (secondary N) is 1. The van der Waals surface area contributed by atoms with E-state index in [-0.39, 0.29) is 35.2 Å². The van der Waals surface area contributed by atoms with Gasteiger partial charge in [-0.1, -0.05) is 12.1 Å². The maximum atomic E-state index is 10.7. The molecule has 0 saturated heterocycles. The summed E-state index contributed by atoms with van der Waals surface area (Å²) in [6.45, 7) is 1.23. The van der Waals surface area contributed by atoms with E-state index in [1.165, 1.54) is 25.1 Å². The number of hydrogen-bond donors (Lipinski definition) is 1. The van der Waals surface area contributed by atoms with Crippen molar-refractivity contribution in [1.29, 1.82) is 0 Å². The second kappa shape index (κ2) is 5.62. The van der Waals surface area contributed by atoms with Crippen molar-refractivity contribution in [2.75, 3.05) is 5.32 Å². The molecule has 1 amide bonds. The topological polar surface area (TPSA) is 86.3 Å². The van der Waals surface area contributed by atoms with Gasteiger partial charge in [0.05, 0.1) is 10.6 Å². The van der Waals surface area contributed by atoms with E-state index in [0.29, 0.717) is 0 Å². The minimum absolute atomic E-state index is 0. The first-order chi connectivity index (χ1) is 6.41. The molecular formula is C8H8NNaO4S. The molecule has 0 spiro atoms. The van der Waals surface area contributed by atoms with Gasteiger partial charge in [0.1, 0.15) is 10.1 Å². The summed E-state index contributed by atoms with van der Waals surface area (Å²) in [5.41, 5.74) is 0.00926. The van der Waals surface area contributed by atoms with Crippen molar-refractivity contribution in [2.24, 2.45) is 0 Å². The monoisotopic (exact) mass is 237 g/mol. The van der Waals surface area contributed by atoms with Gasteiger partial charge in [-0.15, -0.1) is 0 Å². The summed E-state index contributed by atoms with van der Waals surface area (Å²) in [6.07, 6.45) is 0. The van der Waals surface area contributed by atoms with Gasteiger partial charge >= 0.3 is 29.6 Å². The minimum atomic E-state index is -4.54. The van der Waals surface area contributed by atoms with Crippen molar-refractivity contribution in [3.05, 3.63) is 24.3 Å². The van der Waals surface area contributed by atoms with Crippen LogP contribution < -0.4 is 34.9 Å². The Labute approximate surface area is 110 Å². The molecule has 0 aliphatic carbocycles. The van der Waals surface area contributed by atoms with Gasteiger partial charge in [0.25, 0.3) is 0 Å². The molecule has 0 unspecified atom stereocenters. The summed E-state index contributed by atoms with van der Waals surface area (Å²) in [5.74, 6) is -0.430. The standard InChI is InChI=1S/C8H9NO4S.Na/c1-6(10)9-7-4-2-3-5-8(7)14(11,12)13;/h2-5H,1H3,(H,9,10)(H,11,12,13);/q;+1/p-1. The number of benzene rings is 1. The molecule has 76 valence electrons. The molecule has 0 aromatic heterocycles. The maximum Gasteiger partial charge on any atom is 1.00 e. The van der Waals surface area contributed by atoms with Crippen molar-refractivity contribution in [3.8, 4) is 0 Å². The number of carbonyl (C=O) groups is 1. The average Bonchev–Trinajstić information content (AvgIpc) is 2.01. The summed E-state index contributed by atoms with van der Waals surface area (Å²) in [7, 11) is -4.54. The molecule has 0 aliphatic heterocycles. The summed E-state index contributed by atoms with van der Waals surface area (Å²) in [6, 6.07) is 5.44. The molecule has 15 heavy (non-hydrogen) atoms. The first kappa shape index (κ1) is 14.6. The van der Waals surface area contributed by atoms with Crippen LogP contribution in [0.25, 0.3) is 0 Å². The van der Waals surface area contributed by atoms with Crippen LogP contribution in [0.1, 0.15) is 6.92 Å². The Morgan fingerprint density at radius 3 is 2.33 bits per heavy atom. The van der Waals surface area contributed by atoms with Crippen LogP contribution >= 0.6 is 0 Å². The van der Waals surface area contributed by atoms with E-state index in [1.54, 1.807) is 0 Å². The Morgan fingerprint density at radius 2 is 1.87 bits per heavy atom. The van der Waals surface area contributed by atoms with Crippen molar-refractivity contribution < 1.29 is 47.3 Å². The van der Waals surface area contributed by atoms with Gasteiger partial charge < -0.3 is 9.87 Å². The van der Waals surface area contributed by atoms with Gasteiger partial charge in [0.2, 0.25) is 5.91 Å². The Morgan fingerprint density at radius 1 is 1.33 bits per heavy atom. The second-order valence-electron chi connectivity index (χ2n) is 2.63. The normalized spacial score (nSPS) is 10.3. The summed E-state index contributed by atoms with van der Waals surface area (Å²) >= 11 is 0. The van der Waals surface area contributed by atoms with E-state index in [0.717, 1.165) is 6.07 Å². The Balaban J connectivity index is 0.00000196. The molecule has 1 rings (SSSR count). The van der Waals surface area contributed by atoms with Gasteiger partial charge in [-0.05, 0) is 12.1 Å². The van der Waals surface area contributed by atoms with Crippen molar-refractivity contribution in [3.63, 3.8) is 0 Å². The molecule has 7 heteroatoms. The molecule has 1 aromatic carbocycles. The third-order valence-corrected chi connectivity index (χ3v) is 2.36. The SMILES string of the molecule is CC(=O)Nc1ccccc1S(=O)(=O)[O-].[Na+]. The minimum Gasteiger partial charge on any atom is -0.744 e. The summed E-state index contributed by atoms with van der Waals surface area (Å²) in [5, 5.41) is 2.26.